The Labute approximate surface area is 390 Å². The number of nitrogens with one attached hydrogen (secondary N) is 3. The van der Waals surface area contributed by atoms with Crippen LogP contribution in [0.4, 0.5) is 5.13 Å². The van der Waals surface area contributed by atoms with Gasteiger partial charge in [-0.15, -0.1) is 17.9 Å². The first-order valence-corrected chi connectivity index (χ1v) is 24.6. The van der Waals surface area contributed by atoms with E-state index in [0.717, 1.165) is 0 Å². The van der Waals surface area contributed by atoms with Crippen molar-refractivity contribution in [2.75, 3.05) is 19.0 Å². The van der Waals surface area contributed by atoms with Crippen LogP contribution in [-0.2, 0) is 38.7 Å². The molecule has 1 aliphatic heterocycles. The van der Waals surface area contributed by atoms with Crippen molar-refractivity contribution in [2.45, 2.75) is 116 Å². The Bertz CT molecular complexity index is 2700. The number of halogens is 1. The molecule has 20 heteroatoms. The van der Waals surface area contributed by atoms with E-state index in [1.807, 2.05) is 20.8 Å². The molecule has 0 spiro atoms. The first-order valence-electron chi connectivity index (χ1n) is 21.4. The van der Waals surface area contributed by atoms with Gasteiger partial charge in [-0.25, -0.2) is 18.4 Å². The number of rotatable bonds is 15. The molecule has 3 N–H and O–H groups in total. The molecule has 7 rings (SSSR count). The number of carbonyl (C=O) groups is 5. The van der Waals surface area contributed by atoms with E-state index < -0.39 is 79.5 Å². The number of anilines is 1. The highest BCUT2D eigenvalue weighted by Gasteiger charge is 2.62. The predicted octanol–water partition coefficient (Wildman–Crippen LogP) is 6.88. The van der Waals surface area contributed by atoms with Gasteiger partial charge in [0.15, 0.2) is 16.5 Å². The number of benzene rings is 1. The van der Waals surface area contributed by atoms with Crippen LogP contribution in [0.25, 0.3) is 33.5 Å². The average Bonchev–Trinajstić information content (AvgIpc) is 4.04. The summed E-state index contributed by atoms with van der Waals surface area (Å²) in [5.41, 5.74) is -1.33. The summed E-state index contributed by atoms with van der Waals surface area (Å²) >= 11 is 4.87. The van der Waals surface area contributed by atoms with Crippen LogP contribution in [0, 0.1) is 23.2 Å². The van der Waals surface area contributed by atoms with Crippen molar-refractivity contribution in [2.24, 2.45) is 23.2 Å². The van der Waals surface area contributed by atoms with E-state index in [2.05, 4.69) is 42.8 Å². The number of aromatic nitrogens is 2. The second-order valence-corrected chi connectivity index (χ2v) is 22.9. The van der Waals surface area contributed by atoms with Crippen LogP contribution < -0.4 is 24.8 Å². The minimum atomic E-state index is -3.96. The molecule has 0 radical (unpaired) electrons. The highest BCUT2D eigenvalue weighted by Crippen LogP contribution is 2.47. The molecule has 17 nitrogen and oxygen atoms in total. The number of carbonyl (C=O) groups excluding carboxylic acids is 5. The Morgan fingerprint density at radius 3 is 2.38 bits per heavy atom. The van der Waals surface area contributed by atoms with Gasteiger partial charge in [-0.1, -0.05) is 40.7 Å². The van der Waals surface area contributed by atoms with Gasteiger partial charge in [-0.2, -0.15) is 0 Å². The number of thiazole rings is 1. The lowest BCUT2D eigenvalue weighted by Crippen LogP contribution is -2.57. The number of fused-ring (bicyclic) bond motifs is 3. The molecule has 1 saturated heterocycles. The standard InChI is InChI=1S/C45H55BrN6O11S2/c1-11-23-19-45(23,41(57)51-65(58,59)25-12-13-25)50-39(55)29-16-24(20-52(29)40(56)26(43(4,5)6)17-33(53)63-44(7,8)9)61-32-18-27(28-21-64-42(48-28)49-38(54)22(2)3)47-36-34-30(62-37(32)36)14-15-31(60-10)35(34)46/h11,14-15,18,21-26,29H,1,12-13,16-17,19-20H2,2-10H3,(H,50,55)(H,51,57)(H,48,49,54)/t23-,24-,26-,29+,45-/m1/s1. The molecular weight excluding hydrogens is 945 g/mol. The summed E-state index contributed by atoms with van der Waals surface area (Å²) < 4.78 is 52.9. The van der Waals surface area contributed by atoms with Gasteiger partial charge in [0, 0.05) is 29.7 Å². The number of ether oxygens (including phenoxy) is 3. The van der Waals surface area contributed by atoms with Gasteiger partial charge in [0.05, 0.1) is 46.8 Å². The second-order valence-electron chi connectivity index (χ2n) is 19.3. The highest BCUT2D eigenvalue weighted by molar-refractivity contribution is 9.10. The molecule has 4 aromatic rings. The van der Waals surface area contributed by atoms with Crippen molar-refractivity contribution in [1.82, 2.24) is 24.9 Å². The molecule has 0 bridgehead atoms. The minimum absolute atomic E-state index is 0.0727. The summed E-state index contributed by atoms with van der Waals surface area (Å²) in [6, 6.07) is 3.87. The number of amides is 4. The molecule has 5 atom stereocenters. The molecular formula is C45H55BrN6O11S2. The Morgan fingerprint density at radius 1 is 1.08 bits per heavy atom. The molecule has 350 valence electrons. The number of methoxy groups -OCH3 is 1. The summed E-state index contributed by atoms with van der Waals surface area (Å²) in [6.45, 7) is 17.9. The third-order valence-electron chi connectivity index (χ3n) is 11.7. The molecule has 2 aliphatic carbocycles. The van der Waals surface area contributed by atoms with E-state index in [-0.39, 0.29) is 49.0 Å². The first kappa shape index (κ1) is 47.9. The molecule has 3 aliphatic rings. The maximum atomic E-state index is 14.9. The van der Waals surface area contributed by atoms with E-state index in [4.69, 9.17) is 23.6 Å². The lowest BCUT2D eigenvalue weighted by atomic mass is 9.77. The van der Waals surface area contributed by atoms with Crippen LogP contribution in [0.1, 0.15) is 87.5 Å². The van der Waals surface area contributed by atoms with Gasteiger partial charge in [-0.05, 0) is 73.5 Å². The summed E-state index contributed by atoms with van der Waals surface area (Å²) in [6.07, 6.45) is 1.22. The van der Waals surface area contributed by atoms with Crippen molar-refractivity contribution < 1.29 is 51.0 Å². The fraction of sp³-hybridized carbons (Fsp3) is 0.533. The predicted molar refractivity (Wildman–Crippen MR) is 248 cm³/mol. The molecule has 4 amide bonds. The van der Waals surface area contributed by atoms with Gasteiger partial charge in [0.2, 0.25) is 27.7 Å². The molecule has 3 fully saturated rings. The summed E-state index contributed by atoms with van der Waals surface area (Å²) in [4.78, 5) is 80.1. The number of likely N-dealkylation sites (tertiary alicyclic amines) is 1. The summed E-state index contributed by atoms with van der Waals surface area (Å²) in [7, 11) is -2.43. The van der Waals surface area contributed by atoms with Crippen LogP contribution in [-0.4, -0.2) is 95.1 Å². The number of furan rings is 1. The fourth-order valence-electron chi connectivity index (χ4n) is 7.90. The molecule has 2 saturated carbocycles. The van der Waals surface area contributed by atoms with Gasteiger partial charge in [0.25, 0.3) is 5.91 Å². The van der Waals surface area contributed by atoms with E-state index in [9.17, 15) is 32.4 Å². The van der Waals surface area contributed by atoms with Crippen molar-refractivity contribution in [3.63, 3.8) is 0 Å². The lowest BCUT2D eigenvalue weighted by Gasteiger charge is -2.35. The van der Waals surface area contributed by atoms with Crippen molar-refractivity contribution >= 4 is 94.1 Å². The molecule has 0 unspecified atom stereocenters. The molecule has 1 aromatic carbocycles. The molecule has 4 heterocycles. The van der Waals surface area contributed by atoms with Gasteiger partial charge in [0.1, 0.15) is 45.8 Å². The van der Waals surface area contributed by atoms with E-state index in [0.29, 0.717) is 56.1 Å². The average molecular weight is 1000 g/mol. The molecule has 65 heavy (non-hydrogen) atoms. The molecule has 3 aromatic heterocycles. The number of pyridine rings is 1. The fourth-order valence-corrected chi connectivity index (χ4v) is 10.6. The number of esters is 1. The first-order chi connectivity index (χ1) is 30.3. The lowest BCUT2D eigenvalue weighted by molar-refractivity contribution is -0.161. The number of nitrogens with zero attached hydrogens (tertiary/aromatic N) is 3. The topological polar surface area (TPSA) is 225 Å². The normalized spacial score (nSPS) is 21.5. The number of hydrogen-bond donors (Lipinski definition) is 3. The van der Waals surface area contributed by atoms with Crippen LogP contribution in [0.3, 0.4) is 0 Å². The summed E-state index contributed by atoms with van der Waals surface area (Å²) in [5, 5.41) is 7.65. The SMILES string of the molecule is C=C[C@@H]1C[C@]1(NC(=O)[C@@H]1C[C@@H](Oc2cc(-c3csc(NC(=O)C(C)C)n3)nc3c2oc2ccc(OC)c(Br)c23)CN1C(=O)[C@@H](CC(=O)OC(C)(C)C)C(C)(C)C)C(=O)NS(=O)(=O)C1CC1. The Balaban J connectivity index is 1.27. The van der Waals surface area contributed by atoms with E-state index in [1.165, 1.54) is 29.4 Å². The summed E-state index contributed by atoms with van der Waals surface area (Å²) in [5.74, 6) is -3.97. The van der Waals surface area contributed by atoms with Crippen molar-refractivity contribution in [1.29, 1.82) is 0 Å². The zero-order valence-electron chi connectivity index (χ0n) is 37.8. The number of sulfonamides is 1. The van der Waals surface area contributed by atoms with Crippen LogP contribution >= 0.6 is 27.3 Å². The second kappa shape index (κ2) is 17.6. The maximum absolute atomic E-state index is 14.9. The highest BCUT2D eigenvalue weighted by atomic mass is 79.9. The zero-order valence-corrected chi connectivity index (χ0v) is 41.0. The zero-order chi connectivity index (χ0) is 47.6. The van der Waals surface area contributed by atoms with Gasteiger partial charge >= 0.3 is 5.97 Å². The Morgan fingerprint density at radius 2 is 1.78 bits per heavy atom. The van der Waals surface area contributed by atoms with Crippen molar-refractivity contribution in [3.8, 4) is 22.9 Å². The van der Waals surface area contributed by atoms with E-state index >= 15 is 0 Å². The monoisotopic (exact) mass is 998 g/mol. The van der Waals surface area contributed by atoms with Crippen LogP contribution in [0.5, 0.6) is 11.5 Å². The maximum Gasteiger partial charge on any atom is 0.307 e. The largest absolute Gasteiger partial charge is 0.496 e. The quantitative estimate of drug-likeness (QED) is 0.0817. The van der Waals surface area contributed by atoms with Crippen molar-refractivity contribution in [3.05, 3.63) is 40.7 Å². The minimum Gasteiger partial charge on any atom is -0.496 e. The smallest absolute Gasteiger partial charge is 0.307 e. The van der Waals surface area contributed by atoms with Crippen LogP contribution in [0.2, 0.25) is 0 Å². The number of hydrogen-bond acceptors (Lipinski definition) is 14. The third-order valence-corrected chi connectivity index (χ3v) is 15.1. The van der Waals surface area contributed by atoms with Crippen LogP contribution in [0.15, 0.2) is 45.1 Å². The van der Waals surface area contributed by atoms with Gasteiger partial charge in [-0.3, -0.25) is 28.7 Å². The van der Waals surface area contributed by atoms with Gasteiger partial charge < -0.3 is 34.2 Å². The third kappa shape index (κ3) is 10.0. The Kier molecular flexibility index (Phi) is 13.0. The Hall–Kier alpha value is -5.08. The van der Waals surface area contributed by atoms with E-state index in [1.54, 1.807) is 58.2 Å².